The Hall–Kier alpha value is -2.60. The van der Waals surface area contributed by atoms with E-state index in [0.717, 1.165) is 0 Å². The number of aliphatic hydroxyl groups excluding tert-OH is 1. The van der Waals surface area contributed by atoms with E-state index in [0.29, 0.717) is 22.4 Å². The standard InChI is InChI=1S/C15H12FNO4/c1-20-9-3-4-10(11(16)7-9)14(18)8-2-5-12-13(6-8)21-15(19)17-12/h2-7,14,18H,1H3,(H,17,19). The van der Waals surface area contributed by atoms with Gasteiger partial charge in [0.15, 0.2) is 5.58 Å². The summed E-state index contributed by atoms with van der Waals surface area (Å²) < 4.78 is 23.8. The number of methoxy groups -OCH3 is 1. The predicted octanol–water partition coefficient (Wildman–Crippen LogP) is 2.35. The number of aromatic nitrogens is 1. The second-order valence-corrected chi connectivity index (χ2v) is 4.56. The summed E-state index contributed by atoms with van der Waals surface area (Å²) in [6.45, 7) is 0. The highest BCUT2D eigenvalue weighted by Crippen LogP contribution is 2.28. The normalized spacial score (nSPS) is 12.5. The average Bonchev–Trinajstić information content (AvgIpc) is 2.85. The Morgan fingerprint density at radius 2 is 2.10 bits per heavy atom. The van der Waals surface area contributed by atoms with Gasteiger partial charge in [0.1, 0.15) is 17.7 Å². The number of aromatic amines is 1. The van der Waals surface area contributed by atoms with Crippen LogP contribution in [0.5, 0.6) is 5.75 Å². The topological polar surface area (TPSA) is 75.5 Å². The van der Waals surface area contributed by atoms with Crippen LogP contribution in [0.4, 0.5) is 4.39 Å². The third-order valence-corrected chi connectivity index (χ3v) is 3.26. The summed E-state index contributed by atoms with van der Waals surface area (Å²) in [7, 11) is 1.44. The molecule has 5 nitrogen and oxygen atoms in total. The first-order chi connectivity index (χ1) is 10.1. The molecule has 0 aliphatic carbocycles. The van der Waals surface area contributed by atoms with E-state index < -0.39 is 17.7 Å². The first-order valence-corrected chi connectivity index (χ1v) is 6.23. The lowest BCUT2D eigenvalue weighted by Crippen LogP contribution is -2.02. The van der Waals surface area contributed by atoms with Gasteiger partial charge in [-0.25, -0.2) is 9.18 Å². The number of oxazole rings is 1. The van der Waals surface area contributed by atoms with Gasteiger partial charge in [-0.2, -0.15) is 0 Å². The van der Waals surface area contributed by atoms with Crippen molar-refractivity contribution in [2.45, 2.75) is 6.10 Å². The van der Waals surface area contributed by atoms with E-state index >= 15 is 0 Å². The number of rotatable bonds is 3. The van der Waals surface area contributed by atoms with Crippen LogP contribution in [0.2, 0.25) is 0 Å². The fourth-order valence-electron chi connectivity index (χ4n) is 2.17. The maximum Gasteiger partial charge on any atom is 0.417 e. The first kappa shape index (κ1) is 13.4. The van der Waals surface area contributed by atoms with Crippen LogP contribution in [0, 0.1) is 5.82 Å². The minimum Gasteiger partial charge on any atom is -0.497 e. The van der Waals surface area contributed by atoms with Crippen molar-refractivity contribution in [2.75, 3.05) is 7.11 Å². The molecule has 3 rings (SSSR count). The monoisotopic (exact) mass is 289 g/mol. The number of hydrogen-bond acceptors (Lipinski definition) is 4. The number of benzene rings is 2. The Balaban J connectivity index is 2.02. The third-order valence-electron chi connectivity index (χ3n) is 3.26. The van der Waals surface area contributed by atoms with Gasteiger partial charge in [-0.1, -0.05) is 6.07 Å². The Bertz CT molecular complexity index is 852. The van der Waals surface area contributed by atoms with E-state index in [-0.39, 0.29) is 5.56 Å². The second-order valence-electron chi connectivity index (χ2n) is 4.56. The molecule has 1 atom stereocenters. The SMILES string of the molecule is COc1ccc(C(O)c2ccc3[nH]c(=O)oc3c2)c(F)c1. The van der Waals surface area contributed by atoms with Gasteiger partial charge in [0.05, 0.1) is 12.6 Å². The van der Waals surface area contributed by atoms with Crippen molar-refractivity contribution in [3.05, 3.63) is 63.9 Å². The van der Waals surface area contributed by atoms with E-state index in [2.05, 4.69) is 4.98 Å². The van der Waals surface area contributed by atoms with Crippen molar-refractivity contribution in [3.63, 3.8) is 0 Å². The van der Waals surface area contributed by atoms with E-state index in [1.807, 2.05) is 0 Å². The highest BCUT2D eigenvalue weighted by molar-refractivity contribution is 5.73. The van der Waals surface area contributed by atoms with Crippen molar-refractivity contribution >= 4 is 11.1 Å². The number of nitrogens with one attached hydrogen (secondary N) is 1. The van der Waals surface area contributed by atoms with Gasteiger partial charge in [0.25, 0.3) is 0 Å². The van der Waals surface area contributed by atoms with Crippen LogP contribution >= 0.6 is 0 Å². The number of fused-ring (bicyclic) bond motifs is 1. The lowest BCUT2D eigenvalue weighted by atomic mass is 10.0. The number of H-pyrrole nitrogens is 1. The Labute approximate surface area is 118 Å². The minimum absolute atomic E-state index is 0.119. The molecule has 0 aliphatic rings. The van der Waals surface area contributed by atoms with Crippen molar-refractivity contribution in [3.8, 4) is 5.75 Å². The van der Waals surface area contributed by atoms with Crippen LogP contribution in [0.15, 0.2) is 45.6 Å². The van der Waals surface area contributed by atoms with Crippen molar-refractivity contribution in [2.24, 2.45) is 0 Å². The van der Waals surface area contributed by atoms with Crippen LogP contribution in [0.3, 0.4) is 0 Å². The molecule has 1 unspecified atom stereocenters. The zero-order chi connectivity index (χ0) is 15.0. The van der Waals surface area contributed by atoms with E-state index in [1.54, 1.807) is 18.2 Å². The molecular formula is C15H12FNO4. The molecule has 0 spiro atoms. The molecule has 1 heterocycles. The third kappa shape index (κ3) is 2.41. The van der Waals surface area contributed by atoms with Gasteiger partial charge in [-0.05, 0) is 29.8 Å². The Kier molecular flexibility index (Phi) is 3.23. The molecule has 0 amide bonds. The smallest absolute Gasteiger partial charge is 0.417 e. The highest BCUT2D eigenvalue weighted by atomic mass is 19.1. The van der Waals surface area contributed by atoms with Crippen molar-refractivity contribution < 1.29 is 18.7 Å². The number of aliphatic hydroxyl groups is 1. The van der Waals surface area contributed by atoms with Crippen molar-refractivity contribution in [1.82, 2.24) is 4.98 Å². The Morgan fingerprint density at radius 3 is 2.81 bits per heavy atom. The van der Waals surface area contributed by atoms with Gasteiger partial charge in [0.2, 0.25) is 0 Å². The molecule has 6 heteroatoms. The summed E-state index contributed by atoms with van der Waals surface area (Å²) in [5, 5.41) is 10.3. The molecule has 3 aromatic rings. The molecule has 2 aromatic carbocycles. The summed E-state index contributed by atoms with van der Waals surface area (Å²) in [5.74, 6) is -0.778. The second kappa shape index (κ2) is 5.06. The van der Waals surface area contributed by atoms with Gasteiger partial charge in [-0.3, -0.25) is 4.98 Å². The quantitative estimate of drug-likeness (QED) is 0.776. The minimum atomic E-state index is -1.17. The van der Waals surface area contributed by atoms with E-state index in [9.17, 15) is 14.3 Å². The van der Waals surface area contributed by atoms with E-state index in [4.69, 9.17) is 9.15 Å². The zero-order valence-corrected chi connectivity index (χ0v) is 11.1. The molecule has 1 aromatic heterocycles. The average molecular weight is 289 g/mol. The van der Waals surface area contributed by atoms with Crippen LogP contribution in [-0.2, 0) is 0 Å². The molecule has 2 N–H and O–H groups in total. The van der Waals surface area contributed by atoms with Crippen molar-refractivity contribution in [1.29, 1.82) is 0 Å². The molecule has 0 aliphatic heterocycles. The Morgan fingerprint density at radius 1 is 1.29 bits per heavy atom. The molecule has 0 bridgehead atoms. The van der Waals surface area contributed by atoms with Gasteiger partial charge in [0, 0.05) is 11.6 Å². The molecule has 0 radical (unpaired) electrons. The van der Waals surface area contributed by atoms with Crippen LogP contribution in [0.1, 0.15) is 17.2 Å². The molecule has 0 saturated heterocycles. The fourth-order valence-corrected chi connectivity index (χ4v) is 2.17. The van der Waals surface area contributed by atoms with Gasteiger partial charge < -0.3 is 14.3 Å². The number of halogens is 1. The maximum atomic E-state index is 14.0. The van der Waals surface area contributed by atoms with Crippen LogP contribution < -0.4 is 10.5 Å². The number of ether oxygens (including phenoxy) is 1. The summed E-state index contributed by atoms with van der Waals surface area (Å²) in [6.07, 6.45) is -1.17. The largest absolute Gasteiger partial charge is 0.497 e. The van der Waals surface area contributed by atoms with Crippen LogP contribution in [-0.4, -0.2) is 17.2 Å². The highest BCUT2D eigenvalue weighted by Gasteiger charge is 2.17. The fraction of sp³-hybridized carbons (Fsp3) is 0.133. The summed E-state index contributed by atoms with van der Waals surface area (Å²) >= 11 is 0. The molecule has 0 fully saturated rings. The summed E-state index contributed by atoms with van der Waals surface area (Å²) in [4.78, 5) is 13.6. The van der Waals surface area contributed by atoms with Gasteiger partial charge >= 0.3 is 5.76 Å². The van der Waals surface area contributed by atoms with Gasteiger partial charge in [-0.15, -0.1) is 0 Å². The molecular weight excluding hydrogens is 277 g/mol. The first-order valence-electron chi connectivity index (χ1n) is 6.23. The summed E-state index contributed by atoms with van der Waals surface area (Å²) in [5.41, 5.74) is 1.37. The maximum absolute atomic E-state index is 14.0. The summed E-state index contributed by atoms with van der Waals surface area (Å²) in [6, 6.07) is 8.92. The molecule has 0 saturated carbocycles. The number of hydrogen-bond donors (Lipinski definition) is 2. The molecule has 21 heavy (non-hydrogen) atoms. The lowest BCUT2D eigenvalue weighted by molar-refractivity contribution is 0.214. The zero-order valence-electron chi connectivity index (χ0n) is 11.1. The van der Waals surface area contributed by atoms with E-state index in [1.165, 1.54) is 25.3 Å². The molecule has 108 valence electrons. The predicted molar refractivity (Wildman–Crippen MR) is 73.8 cm³/mol. The lowest BCUT2D eigenvalue weighted by Gasteiger charge is -2.13. The van der Waals surface area contributed by atoms with Crippen LogP contribution in [0.25, 0.3) is 11.1 Å².